The van der Waals surface area contributed by atoms with E-state index in [1.165, 1.54) is 0 Å². The second kappa shape index (κ2) is 5.73. The van der Waals surface area contributed by atoms with E-state index >= 15 is 0 Å². The van der Waals surface area contributed by atoms with Crippen LogP contribution in [-0.4, -0.2) is 19.8 Å². The first kappa shape index (κ1) is 12.0. The maximum atomic E-state index is 2.41. The summed E-state index contributed by atoms with van der Waals surface area (Å²) >= 11 is -1.20. The molecule has 2 aromatic carbocycles. The van der Waals surface area contributed by atoms with Crippen molar-refractivity contribution in [1.82, 2.24) is 0 Å². The number of benzene rings is 2. The van der Waals surface area contributed by atoms with Gasteiger partial charge in [-0.3, -0.25) is 0 Å². The van der Waals surface area contributed by atoms with Gasteiger partial charge in [0.15, 0.2) is 0 Å². The molecule has 0 spiro atoms. The predicted molar refractivity (Wildman–Crippen MR) is 67.4 cm³/mol. The van der Waals surface area contributed by atoms with Crippen molar-refractivity contribution in [3.63, 3.8) is 0 Å². The average molecular weight is 260 g/mol. The molecule has 2 N–H and O–H groups in total. The van der Waals surface area contributed by atoms with Gasteiger partial charge in [0.05, 0.1) is 0 Å². The Morgan fingerprint density at radius 3 is 1.33 bits per heavy atom. The van der Waals surface area contributed by atoms with Crippen molar-refractivity contribution >= 4 is 23.1 Å². The van der Waals surface area contributed by atoms with Crippen LogP contribution >= 0.6 is 0 Å². The first-order valence-corrected chi connectivity index (χ1v) is 9.02. The van der Waals surface area contributed by atoms with Crippen LogP contribution < -0.4 is 8.79 Å². The average Bonchev–Trinajstić information content (AvgIpc) is 2.30. The number of hydrogen-bond acceptors (Lipinski definition) is 0. The molecule has 0 aliphatic heterocycles. The molecule has 1 radical (unpaired) electrons. The van der Waals surface area contributed by atoms with Crippen LogP contribution in [0.15, 0.2) is 60.7 Å². The first-order chi connectivity index (χ1) is 6.88. The van der Waals surface area contributed by atoms with Gasteiger partial charge in [-0.1, -0.05) is 0 Å². The molecule has 0 unspecified atom stereocenters. The third-order valence-electron chi connectivity index (χ3n) is 2.41. The summed E-state index contributed by atoms with van der Waals surface area (Å²) in [6.45, 7) is 0. The molecule has 1 nitrogen and oxygen atoms in total. The molecule has 2 heteroatoms. The fourth-order valence-electron chi connectivity index (χ4n) is 1.54. The van der Waals surface area contributed by atoms with Crippen molar-refractivity contribution in [3.8, 4) is 0 Å². The molecule has 0 saturated heterocycles. The summed E-state index contributed by atoms with van der Waals surface area (Å²) in [6, 6.07) is 21.7. The van der Waals surface area contributed by atoms with Crippen molar-refractivity contribution in [2.45, 2.75) is 5.76 Å². The SMILES string of the molecule is O.[CH3][Ge]([c]1ccccc1)[c]1ccccc1. The molecule has 0 bridgehead atoms. The summed E-state index contributed by atoms with van der Waals surface area (Å²) in [5.41, 5.74) is 0. The van der Waals surface area contributed by atoms with E-state index in [-0.39, 0.29) is 5.48 Å². The summed E-state index contributed by atoms with van der Waals surface area (Å²) in [5.74, 6) is 2.41. The van der Waals surface area contributed by atoms with Crippen molar-refractivity contribution in [1.29, 1.82) is 0 Å². The van der Waals surface area contributed by atoms with Gasteiger partial charge in [-0.15, -0.1) is 0 Å². The Morgan fingerprint density at radius 2 is 1.00 bits per heavy atom. The summed E-state index contributed by atoms with van der Waals surface area (Å²) in [4.78, 5) is 0. The quantitative estimate of drug-likeness (QED) is 0.724. The molecule has 2 rings (SSSR count). The van der Waals surface area contributed by atoms with Gasteiger partial charge in [-0.2, -0.15) is 0 Å². The fourth-order valence-corrected chi connectivity index (χ4v) is 5.15. The summed E-state index contributed by atoms with van der Waals surface area (Å²) in [5, 5.41) is 0. The molecular formula is C13H15GeO. The Hall–Kier alpha value is -1.06. The van der Waals surface area contributed by atoms with E-state index < -0.39 is 14.3 Å². The van der Waals surface area contributed by atoms with Crippen molar-refractivity contribution in [2.24, 2.45) is 0 Å². The Kier molecular flexibility index (Phi) is 4.59. The van der Waals surface area contributed by atoms with Crippen LogP contribution in [0.4, 0.5) is 0 Å². The zero-order valence-electron chi connectivity index (χ0n) is 8.77. The number of rotatable bonds is 2. The van der Waals surface area contributed by atoms with Gasteiger partial charge >= 0.3 is 89.6 Å². The van der Waals surface area contributed by atoms with Gasteiger partial charge in [-0.25, -0.2) is 0 Å². The standard InChI is InChI=1S/C13H13Ge.H2O/c1-14(12-8-4-2-5-9-12)13-10-6-3-7-11-13;/h2-11H,1H3;1H2. The monoisotopic (exact) mass is 261 g/mol. The minimum atomic E-state index is -1.20. The zero-order valence-corrected chi connectivity index (χ0v) is 10.9. The minimum absolute atomic E-state index is 0. The molecule has 0 amide bonds. The molecule has 0 heterocycles. The van der Waals surface area contributed by atoms with Crippen molar-refractivity contribution < 1.29 is 5.48 Å². The van der Waals surface area contributed by atoms with E-state index in [9.17, 15) is 0 Å². The van der Waals surface area contributed by atoms with Crippen molar-refractivity contribution in [3.05, 3.63) is 60.7 Å². The molecule has 0 aliphatic rings. The van der Waals surface area contributed by atoms with E-state index in [1.54, 1.807) is 8.79 Å². The second-order valence-electron chi connectivity index (χ2n) is 3.36. The van der Waals surface area contributed by atoms with E-state index in [0.717, 1.165) is 0 Å². The van der Waals surface area contributed by atoms with Crippen LogP contribution in [-0.2, 0) is 0 Å². The molecule has 0 aromatic heterocycles. The number of hydrogen-bond donors (Lipinski definition) is 0. The van der Waals surface area contributed by atoms with Crippen molar-refractivity contribution in [2.75, 3.05) is 0 Å². The predicted octanol–water partition coefficient (Wildman–Crippen LogP) is 1.10. The second-order valence-corrected chi connectivity index (χ2v) is 8.40. The Morgan fingerprint density at radius 1 is 0.667 bits per heavy atom. The van der Waals surface area contributed by atoms with E-state index in [0.29, 0.717) is 0 Å². The van der Waals surface area contributed by atoms with Gasteiger partial charge in [0, 0.05) is 0 Å². The summed E-state index contributed by atoms with van der Waals surface area (Å²) in [7, 11) is 0. The van der Waals surface area contributed by atoms with E-state index in [2.05, 4.69) is 66.4 Å². The third-order valence-corrected chi connectivity index (χ3v) is 7.45. The Bertz CT molecular complexity index is 346. The van der Waals surface area contributed by atoms with Crippen LogP contribution in [0.1, 0.15) is 0 Å². The molecule has 2 aromatic rings. The van der Waals surface area contributed by atoms with Crippen LogP contribution in [0, 0.1) is 0 Å². The molecule has 0 fully saturated rings. The van der Waals surface area contributed by atoms with Crippen LogP contribution in [0.3, 0.4) is 0 Å². The van der Waals surface area contributed by atoms with Gasteiger partial charge in [-0.05, 0) is 0 Å². The molecular weight excluding hydrogens is 245 g/mol. The van der Waals surface area contributed by atoms with Gasteiger partial charge in [0.1, 0.15) is 0 Å². The normalized spacial score (nSPS) is 9.73. The molecule has 0 saturated carbocycles. The zero-order chi connectivity index (χ0) is 9.80. The van der Waals surface area contributed by atoms with Gasteiger partial charge in [0.2, 0.25) is 0 Å². The van der Waals surface area contributed by atoms with Crippen LogP contribution in [0.5, 0.6) is 0 Å². The van der Waals surface area contributed by atoms with Gasteiger partial charge < -0.3 is 5.48 Å². The van der Waals surface area contributed by atoms with Crippen LogP contribution in [0.25, 0.3) is 0 Å². The first-order valence-electron chi connectivity index (χ1n) is 4.82. The third kappa shape index (κ3) is 2.94. The molecule has 0 aliphatic carbocycles. The van der Waals surface area contributed by atoms with Gasteiger partial charge in [0.25, 0.3) is 0 Å². The molecule has 0 atom stereocenters. The molecule has 15 heavy (non-hydrogen) atoms. The topological polar surface area (TPSA) is 31.5 Å². The van der Waals surface area contributed by atoms with E-state index in [1.807, 2.05) is 0 Å². The van der Waals surface area contributed by atoms with Crippen LogP contribution in [0.2, 0.25) is 5.76 Å². The Labute approximate surface area is 95.2 Å². The fraction of sp³-hybridized carbons (Fsp3) is 0.0769. The summed E-state index contributed by atoms with van der Waals surface area (Å²) in [6.07, 6.45) is 0. The van der Waals surface area contributed by atoms with E-state index in [4.69, 9.17) is 0 Å². The summed E-state index contributed by atoms with van der Waals surface area (Å²) < 4.78 is 3.08. The Balaban J connectivity index is 0.00000112. The maximum absolute atomic E-state index is 2.41. The molecule has 77 valence electrons.